The topological polar surface area (TPSA) is 29.9 Å². The summed E-state index contributed by atoms with van der Waals surface area (Å²) in [4.78, 5) is 0. The molecule has 84 valence electrons. The van der Waals surface area contributed by atoms with Crippen molar-refractivity contribution in [3.8, 4) is 0 Å². The van der Waals surface area contributed by atoms with Gasteiger partial charge in [0.2, 0.25) is 0 Å². The summed E-state index contributed by atoms with van der Waals surface area (Å²) >= 11 is 5.94. The summed E-state index contributed by atoms with van der Waals surface area (Å²) in [7, 11) is 0. The van der Waals surface area contributed by atoms with Gasteiger partial charge in [0.1, 0.15) is 0 Å². The van der Waals surface area contributed by atoms with E-state index in [1.54, 1.807) is 6.20 Å². The van der Waals surface area contributed by atoms with Gasteiger partial charge in [-0.3, -0.25) is 4.68 Å². The highest BCUT2D eigenvalue weighted by molar-refractivity contribution is 6.30. The van der Waals surface area contributed by atoms with Gasteiger partial charge in [0.15, 0.2) is 0 Å². The fourth-order valence-electron chi connectivity index (χ4n) is 1.52. The summed E-state index contributed by atoms with van der Waals surface area (Å²) in [6, 6.07) is 7.78. The van der Waals surface area contributed by atoms with Crippen molar-refractivity contribution in [2.75, 3.05) is 11.9 Å². The smallest absolute Gasteiger partial charge is 0.0582 e. The minimum Gasteiger partial charge on any atom is -0.383 e. The van der Waals surface area contributed by atoms with Crippen LogP contribution in [-0.2, 0) is 6.54 Å². The summed E-state index contributed by atoms with van der Waals surface area (Å²) in [6.45, 7) is 3.74. The fraction of sp³-hybridized carbons (Fsp3) is 0.250. The largest absolute Gasteiger partial charge is 0.383 e. The van der Waals surface area contributed by atoms with E-state index in [0.717, 1.165) is 23.8 Å². The highest BCUT2D eigenvalue weighted by Gasteiger charge is 1.98. The Morgan fingerprint density at radius 1 is 1.44 bits per heavy atom. The van der Waals surface area contributed by atoms with Crippen LogP contribution in [0.3, 0.4) is 0 Å². The Balaban J connectivity index is 1.92. The first-order valence-electron chi connectivity index (χ1n) is 5.23. The van der Waals surface area contributed by atoms with Crippen LogP contribution in [0.25, 0.3) is 0 Å². The van der Waals surface area contributed by atoms with Crippen molar-refractivity contribution in [2.45, 2.75) is 13.5 Å². The summed E-state index contributed by atoms with van der Waals surface area (Å²) in [5.74, 6) is 0. The number of nitrogens with zero attached hydrogens (tertiary/aromatic N) is 2. The molecular formula is C12H14ClN3. The molecular weight excluding hydrogens is 222 g/mol. The van der Waals surface area contributed by atoms with Crippen LogP contribution in [-0.4, -0.2) is 16.3 Å². The first kappa shape index (κ1) is 11.0. The monoisotopic (exact) mass is 235 g/mol. The molecule has 0 bridgehead atoms. The molecule has 2 rings (SSSR count). The molecule has 0 aliphatic heterocycles. The molecule has 0 aliphatic rings. The molecule has 1 N–H and O–H groups in total. The van der Waals surface area contributed by atoms with Crippen LogP contribution in [0.4, 0.5) is 5.69 Å². The van der Waals surface area contributed by atoms with Crippen molar-refractivity contribution in [3.63, 3.8) is 0 Å². The Bertz CT molecular complexity index is 451. The molecule has 4 heteroatoms. The van der Waals surface area contributed by atoms with E-state index in [1.165, 1.54) is 5.56 Å². The average molecular weight is 236 g/mol. The minimum atomic E-state index is 0.757. The number of hydrogen-bond acceptors (Lipinski definition) is 2. The van der Waals surface area contributed by atoms with E-state index in [0.29, 0.717) is 0 Å². The van der Waals surface area contributed by atoms with Crippen LogP contribution in [0.2, 0.25) is 5.02 Å². The van der Waals surface area contributed by atoms with Gasteiger partial charge in [-0.25, -0.2) is 0 Å². The Morgan fingerprint density at radius 3 is 3.06 bits per heavy atom. The van der Waals surface area contributed by atoms with Gasteiger partial charge in [0, 0.05) is 29.6 Å². The SMILES string of the molecule is Cc1ccc(Cl)cc1NCCn1cccn1. The Labute approximate surface area is 100 Å². The molecule has 0 saturated heterocycles. The lowest BCUT2D eigenvalue weighted by Crippen LogP contribution is -2.11. The molecule has 1 aromatic carbocycles. The third kappa shape index (κ3) is 2.76. The summed E-state index contributed by atoms with van der Waals surface area (Å²) in [6.07, 6.45) is 3.73. The second-order valence-corrected chi connectivity index (χ2v) is 4.09. The Hall–Kier alpha value is -1.48. The molecule has 0 amide bonds. The van der Waals surface area contributed by atoms with Crippen molar-refractivity contribution in [1.29, 1.82) is 0 Å². The van der Waals surface area contributed by atoms with E-state index in [-0.39, 0.29) is 0 Å². The highest BCUT2D eigenvalue weighted by Crippen LogP contribution is 2.19. The predicted octanol–water partition coefficient (Wildman–Crippen LogP) is 2.96. The van der Waals surface area contributed by atoms with E-state index < -0.39 is 0 Å². The normalized spacial score (nSPS) is 10.4. The maximum absolute atomic E-state index is 5.94. The minimum absolute atomic E-state index is 0.757. The molecule has 0 fully saturated rings. The van der Waals surface area contributed by atoms with Gasteiger partial charge in [-0.1, -0.05) is 17.7 Å². The molecule has 16 heavy (non-hydrogen) atoms. The molecule has 0 radical (unpaired) electrons. The Morgan fingerprint density at radius 2 is 2.31 bits per heavy atom. The van der Waals surface area contributed by atoms with Gasteiger partial charge in [-0.2, -0.15) is 5.10 Å². The van der Waals surface area contributed by atoms with Crippen LogP contribution >= 0.6 is 11.6 Å². The molecule has 1 heterocycles. The molecule has 0 unspecified atom stereocenters. The van der Waals surface area contributed by atoms with Gasteiger partial charge in [0.25, 0.3) is 0 Å². The van der Waals surface area contributed by atoms with Crippen molar-refractivity contribution in [3.05, 3.63) is 47.2 Å². The van der Waals surface area contributed by atoms with E-state index in [9.17, 15) is 0 Å². The van der Waals surface area contributed by atoms with Crippen molar-refractivity contribution >= 4 is 17.3 Å². The zero-order valence-electron chi connectivity index (χ0n) is 9.15. The van der Waals surface area contributed by atoms with Crippen molar-refractivity contribution in [1.82, 2.24) is 9.78 Å². The zero-order chi connectivity index (χ0) is 11.4. The third-order valence-electron chi connectivity index (χ3n) is 2.42. The second kappa shape index (κ2) is 5.03. The van der Waals surface area contributed by atoms with Crippen molar-refractivity contribution in [2.24, 2.45) is 0 Å². The lowest BCUT2D eigenvalue weighted by molar-refractivity contribution is 0.638. The molecule has 0 saturated carbocycles. The number of hydrogen-bond donors (Lipinski definition) is 1. The maximum atomic E-state index is 5.94. The first-order chi connectivity index (χ1) is 7.75. The quantitative estimate of drug-likeness (QED) is 0.883. The van der Waals surface area contributed by atoms with Gasteiger partial charge in [0.05, 0.1) is 6.54 Å². The molecule has 2 aromatic rings. The van der Waals surface area contributed by atoms with E-state index in [2.05, 4.69) is 17.3 Å². The standard InChI is InChI=1S/C12H14ClN3/c1-10-3-4-11(13)9-12(10)14-6-8-16-7-2-5-15-16/h2-5,7,9,14H,6,8H2,1H3. The van der Waals surface area contributed by atoms with Gasteiger partial charge >= 0.3 is 0 Å². The fourth-order valence-corrected chi connectivity index (χ4v) is 1.69. The summed E-state index contributed by atoms with van der Waals surface area (Å²) in [5.41, 5.74) is 2.28. The lowest BCUT2D eigenvalue weighted by Gasteiger charge is -2.09. The first-order valence-corrected chi connectivity index (χ1v) is 5.61. The van der Waals surface area contributed by atoms with Crippen LogP contribution in [0.5, 0.6) is 0 Å². The second-order valence-electron chi connectivity index (χ2n) is 3.66. The van der Waals surface area contributed by atoms with Crippen LogP contribution in [0.15, 0.2) is 36.7 Å². The average Bonchev–Trinajstić information content (AvgIpc) is 2.76. The van der Waals surface area contributed by atoms with E-state index in [4.69, 9.17) is 11.6 Å². The number of nitrogens with one attached hydrogen (secondary N) is 1. The predicted molar refractivity (Wildman–Crippen MR) is 66.9 cm³/mol. The number of halogens is 1. The summed E-state index contributed by atoms with van der Waals surface area (Å²) < 4.78 is 1.90. The van der Waals surface area contributed by atoms with Crippen LogP contribution < -0.4 is 5.32 Å². The highest BCUT2D eigenvalue weighted by atomic mass is 35.5. The number of anilines is 1. The Kier molecular flexibility index (Phi) is 3.47. The molecule has 0 spiro atoms. The zero-order valence-corrected chi connectivity index (χ0v) is 9.91. The number of benzene rings is 1. The molecule has 3 nitrogen and oxygen atoms in total. The van der Waals surface area contributed by atoms with Gasteiger partial charge in [-0.15, -0.1) is 0 Å². The third-order valence-corrected chi connectivity index (χ3v) is 2.65. The van der Waals surface area contributed by atoms with Crippen molar-refractivity contribution < 1.29 is 0 Å². The number of aryl methyl sites for hydroxylation is 1. The number of aromatic nitrogens is 2. The van der Waals surface area contributed by atoms with E-state index >= 15 is 0 Å². The number of rotatable bonds is 4. The van der Waals surface area contributed by atoms with Gasteiger partial charge in [-0.05, 0) is 30.7 Å². The lowest BCUT2D eigenvalue weighted by atomic mass is 10.2. The summed E-state index contributed by atoms with van der Waals surface area (Å²) in [5, 5.41) is 8.24. The molecule has 0 atom stereocenters. The molecule has 1 aromatic heterocycles. The van der Waals surface area contributed by atoms with E-state index in [1.807, 2.05) is 35.1 Å². The molecule has 0 aliphatic carbocycles. The van der Waals surface area contributed by atoms with Gasteiger partial charge < -0.3 is 5.32 Å². The maximum Gasteiger partial charge on any atom is 0.0582 e. The van der Waals surface area contributed by atoms with Crippen LogP contribution in [0.1, 0.15) is 5.56 Å². The van der Waals surface area contributed by atoms with Crippen LogP contribution in [0, 0.1) is 6.92 Å².